The minimum absolute atomic E-state index is 0.223. The Hall–Kier alpha value is -0.830. The second kappa shape index (κ2) is 3.14. The lowest BCUT2D eigenvalue weighted by molar-refractivity contribution is 0.403. The van der Waals surface area contributed by atoms with E-state index in [9.17, 15) is 0 Å². The molecule has 0 saturated heterocycles. The Balaban J connectivity index is 2.36. The van der Waals surface area contributed by atoms with E-state index in [0.717, 1.165) is 12.2 Å². The van der Waals surface area contributed by atoms with Gasteiger partial charge >= 0.3 is 0 Å². The zero-order chi connectivity index (χ0) is 9.42. The molecule has 13 heavy (non-hydrogen) atoms. The number of imidazole rings is 1. The second-order valence-electron chi connectivity index (χ2n) is 4.04. The molecule has 0 radical (unpaired) electrons. The van der Waals surface area contributed by atoms with Gasteiger partial charge in [-0.3, -0.25) is 0 Å². The highest BCUT2D eigenvalue weighted by molar-refractivity contribution is 5.11. The predicted octanol–water partition coefficient (Wildman–Crippen LogP) is 1.42. The third-order valence-electron chi connectivity index (χ3n) is 2.81. The van der Waals surface area contributed by atoms with Crippen LogP contribution >= 0.6 is 0 Å². The Bertz CT molecular complexity index is 301. The first-order valence-corrected chi connectivity index (χ1v) is 4.97. The summed E-state index contributed by atoms with van der Waals surface area (Å²) >= 11 is 0. The van der Waals surface area contributed by atoms with Gasteiger partial charge in [-0.2, -0.15) is 0 Å². The van der Waals surface area contributed by atoms with Crippen LogP contribution in [-0.4, -0.2) is 15.6 Å². The van der Waals surface area contributed by atoms with Crippen LogP contribution in [0.15, 0.2) is 6.20 Å². The van der Waals surface area contributed by atoms with Crippen LogP contribution in [0.25, 0.3) is 0 Å². The maximum atomic E-state index is 5.94. The van der Waals surface area contributed by atoms with Crippen molar-refractivity contribution in [1.29, 1.82) is 0 Å². The molecule has 0 aromatic carbocycles. The number of rotatable bonds is 1. The molecule has 0 amide bonds. The van der Waals surface area contributed by atoms with Gasteiger partial charge in [-0.1, -0.05) is 0 Å². The molecule has 2 N–H and O–H groups in total. The summed E-state index contributed by atoms with van der Waals surface area (Å²) in [6.07, 6.45) is 4.55. The van der Waals surface area contributed by atoms with Crippen molar-refractivity contribution in [2.45, 2.75) is 45.2 Å². The summed E-state index contributed by atoms with van der Waals surface area (Å²) < 4.78 is 2.26. The van der Waals surface area contributed by atoms with Crippen molar-refractivity contribution in [2.24, 2.45) is 5.73 Å². The van der Waals surface area contributed by atoms with Gasteiger partial charge in [-0.05, 0) is 26.7 Å². The number of fused-ring (bicyclic) bond motifs is 1. The molecule has 0 fully saturated rings. The van der Waals surface area contributed by atoms with Gasteiger partial charge in [-0.25, -0.2) is 4.98 Å². The fourth-order valence-electron chi connectivity index (χ4n) is 2.15. The lowest BCUT2D eigenvalue weighted by Gasteiger charge is -2.25. The van der Waals surface area contributed by atoms with Crippen LogP contribution in [0, 0.1) is 6.92 Å². The molecule has 72 valence electrons. The average molecular weight is 179 g/mol. The van der Waals surface area contributed by atoms with E-state index in [0.29, 0.717) is 5.92 Å². The van der Waals surface area contributed by atoms with Gasteiger partial charge in [0.1, 0.15) is 5.82 Å². The highest BCUT2D eigenvalue weighted by Crippen LogP contribution is 2.28. The maximum absolute atomic E-state index is 5.94. The number of aryl methyl sites for hydroxylation is 2. The van der Waals surface area contributed by atoms with Crippen molar-refractivity contribution in [3.05, 3.63) is 17.7 Å². The highest BCUT2D eigenvalue weighted by atomic mass is 15.1. The lowest BCUT2D eigenvalue weighted by Crippen LogP contribution is -2.30. The van der Waals surface area contributed by atoms with E-state index in [1.54, 1.807) is 0 Å². The van der Waals surface area contributed by atoms with Crippen LogP contribution in [0.5, 0.6) is 0 Å². The van der Waals surface area contributed by atoms with Gasteiger partial charge in [0.25, 0.3) is 0 Å². The molecule has 2 heterocycles. The van der Waals surface area contributed by atoms with Crippen molar-refractivity contribution in [2.75, 3.05) is 0 Å². The molecular formula is C10H17N3. The van der Waals surface area contributed by atoms with Crippen LogP contribution < -0.4 is 5.73 Å². The Kier molecular flexibility index (Phi) is 2.12. The number of aromatic nitrogens is 2. The van der Waals surface area contributed by atoms with Gasteiger partial charge in [0.2, 0.25) is 0 Å². The van der Waals surface area contributed by atoms with E-state index >= 15 is 0 Å². The molecule has 3 nitrogen and oxygen atoms in total. The van der Waals surface area contributed by atoms with E-state index in [1.165, 1.54) is 18.7 Å². The van der Waals surface area contributed by atoms with Crippen LogP contribution in [0.3, 0.4) is 0 Å². The van der Waals surface area contributed by atoms with E-state index < -0.39 is 0 Å². The molecule has 1 aliphatic rings. The third kappa shape index (κ3) is 1.48. The Morgan fingerprint density at radius 2 is 2.46 bits per heavy atom. The molecule has 0 spiro atoms. The van der Waals surface area contributed by atoms with Crippen LogP contribution in [0.4, 0.5) is 0 Å². The number of hydrogen-bond acceptors (Lipinski definition) is 2. The standard InChI is InChI=1S/C10H17N3/c1-7-6-13-5-3-4-9(8(2)11)10(13)12-7/h6,8-9H,3-5,11H2,1-2H3. The molecule has 2 unspecified atom stereocenters. The molecule has 1 aromatic rings. The monoisotopic (exact) mass is 179 g/mol. The minimum Gasteiger partial charge on any atom is -0.334 e. The summed E-state index contributed by atoms with van der Waals surface area (Å²) in [6, 6.07) is 0.223. The zero-order valence-electron chi connectivity index (χ0n) is 8.33. The fourth-order valence-corrected chi connectivity index (χ4v) is 2.15. The molecule has 1 aromatic heterocycles. The van der Waals surface area contributed by atoms with Gasteiger partial charge in [0.05, 0.1) is 5.69 Å². The van der Waals surface area contributed by atoms with Gasteiger partial charge in [0.15, 0.2) is 0 Å². The summed E-state index contributed by atoms with van der Waals surface area (Å²) in [7, 11) is 0. The van der Waals surface area contributed by atoms with Crippen LogP contribution in [-0.2, 0) is 6.54 Å². The van der Waals surface area contributed by atoms with Gasteiger partial charge < -0.3 is 10.3 Å². The second-order valence-corrected chi connectivity index (χ2v) is 4.04. The lowest BCUT2D eigenvalue weighted by atomic mass is 9.93. The SMILES string of the molecule is Cc1cn2c(n1)C(C(C)N)CCC2. The summed E-state index contributed by atoms with van der Waals surface area (Å²) in [4.78, 5) is 4.54. The first-order valence-electron chi connectivity index (χ1n) is 4.97. The average Bonchev–Trinajstić information content (AvgIpc) is 2.43. The largest absolute Gasteiger partial charge is 0.334 e. The Labute approximate surface area is 79.0 Å². The van der Waals surface area contributed by atoms with Crippen molar-refractivity contribution in [1.82, 2.24) is 9.55 Å². The van der Waals surface area contributed by atoms with E-state index in [-0.39, 0.29) is 6.04 Å². The van der Waals surface area contributed by atoms with E-state index in [1.807, 2.05) is 6.92 Å². The molecular weight excluding hydrogens is 162 g/mol. The summed E-state index contributed by atoms with van der Waals surface area (Å²) in [5.41, 5.74) is 7.05. The van der Waals surface area contributed by atoms with Crippen molar-refractivity contribution in [3.8, 4) is 0 Å². The smallest absolute Gasteiger partial charge is 0.113 e. The van der Waals surface area contributed by atoms with Gasteiger partial charge in [-0.15, -0.1) is 0 Å². The Morgan fingerprint density at radius 3 is 3.15 bits per heavy atom. The van der Waals surface area contributed by atoms with E-state index in [2.05, 4.69) is 22.7 Å². The normalized spacial score (nSPS) is 24.1. The third-order valence-corrected chi connectivity index (χ3v) is 2.81. The topological polar surface area (TPSA) is 43.8 Å². The molecule has 0 saturated carbocycles. The predicted molar refractivity (Wildman–Crippen MR) is 52.6 cm³/mol. The van der Waals surface area contributed by atoms with E-state index in [4.69, 9.17) is 5.73 Å². The number of nitrogens with two attached hydrogens (primary N) is 1. The maximum Gasteiger partial charge on any atom is 0.113 e. The first kappa shape index (κ1) is 8.75. The first-order chi connectivity index (χ1) is 6.18. The molecule has 3 heteroatoms. The summed E-state index contributed by atoms with van der Waals surface area (Å²) in [6.45, 7) is 5.23. The van der Waals surface area contributed by atoms with Crippen molar-refractivity contribution < 1.29 is 0 Å². The quantitative estimate of drug-likeness (QED) is 0.708. The number of nitrogens with zero attached hydrogens (tertiary/aromatic N) is 2. The Morgan fingerprint density at radius 1 is 1.69 bits per heavy atom. The van der Waals surface area contributed by atoms with Crippen LogP contribution in [0.2, 0.25) is 0 Å². The molecule has 1 aliphatic heterocycles. The molecule has 0 bridgehead atoms. The van der Waals surface area contributed by atoms with Gasteiger partial charge in [0, 0.05) is 24.7 Å². The molecule has 2 rings (SSSR count). The van der Waals surface area contributed by atoms with Crippen LogP contribution in [0.1, 0.15) is 37.2 Å². The number of hydrogen-bond donors (Lipinski definition) is 1. The highest BCUT2D eigenvalue weighted by Gasteiger charge is 2.24. The van der Waals surface area contributed by atoms with Crippen molar-refractivity contribution in [3.63, 3.8) is 0 Å². The fraction of sp³-hybridized carbons (Fsp3) is 0.700. The van der Waals surface area contributed by atoms with Crippen molar-refractivity contribution >= 4 is 0 Å². The zero-order valence-corrected chi connectivity index (χ0v) is 8.33. The summed E-state index contributed by atoms with van der Waals surface area (Å²) in [5.74, 6) is 1.65. The molecule has 0 aliphatic carbocycles. The molecule has 2 atom stereocenters. The summed E-state index contributed by atoms with van der Waals surface area (Å²) in [5, 5.41) is 0. The minimum atomic E-state index is 0.223.